The molecule has 0 fully saturated rings. The number of hydrogen-bond acceptors (Lipinski definition) is 3. The van der Waals surface area contributed by atoms with Gasteiger partial charge in [0.1, 0.15) is 0 Å². The first-order chi connectivity index (χ1) is 8.09. The molecule has 0 unspecified atom stereocenters. The van der Waals surface area contributed by atoms with Crippen molar-refractivity contribution in [3.05, 3.63) is 57.8 Å². The van der Waals surface area contributed by atoms with Gasteiger partial charge in [-0.05, 0) is 31.0 Å². The Morgan fingerprint density at radius 1 is 1.35 bits per heavy atom. The summed E-state index contributed by atoms with van der Waals surface area (Å²) in [6.07, 6.45) is 3.49. The van der Waals surface area contributed by atoms with Crippen molar-refractivity contribution in [1.82, 2.24) is 9.55 Å². The number of aryl methyl sites for hydroxylation is 1. The number of nitrogens with two attached hydrogens (primary N) is 1. The zero-order valence-corrected chi connectivity index (χ0v) is 9.97. The van der Waals surface area contributed by atoms with Gasteiger partial charge in [-0.3, -0.25) is 9.78 Å². The second-order valence-corrected chi connectivity index (χ2v) is 4.09. The Bertz CT molecular complexity index is 602. The number of anilines is 1. The normalized spacial score (nSPS) is 10.5. The summed E-state index contributed by atoms with van der Waals surface area (Å²) in [5.74, 6) is 0. The van der Waals surface area contributed by atoms with Crippen LogP contribution in [-0.2, 0) is 6.54 Å². The van der Waals surface area contributed by atoms with E-state index in [1.165, 1.54) is 6.07 Å². The lowest BCUT2D eigenvalue weighted by atomic mass is 10.1. The van der Waals surface area contributed by atoms with Crippen molar-refractivity contribution in [1.29, 1.82) is 0 Å². The fraction of sp³-hybridized carbons (Fsp3) is 0.231. The molecule has 17 heavy (non-hydrogen) atoms. The van der Waals surface area contributed by atoms with Gasteiger partial charge >= 0.3 is 0 Å². The van der Waals surface area contributed by atoms with E-state index < -0.39 is 0 Å². The van der Waals surface area contributed by atoms with E-state index in [2.05, 4.69) is 4.98 Å². The Kier molecular flexibility index (Phi) is 2.95. The minimum absolute atomic E-state index is 0.0344. The topological polar surface area (TPSA) is 60.9 Å². The summed E-state index contributed by atoms with van der Waals surface area (Å²) in [5, 5.41) is 0. The zero-order chi connectivity index (χ0) is 12.4. The van der Waals surface area contributed by atoms with Crippen LogP contribution in [0.1, 0.15) is 16.8 Å². The van der Waals surface area contributed by atoms with E-state index in [1.807, 2.05) is 19.9 Å². The molecule has 0 aliphatic rings. The maximum absolute atomic E-state index is 11.6. The molecule has 0 saturated heterocycles. The molecular weight excluding hydrogens is 214 g/mol. The lowest BCUT2D eigenvalue weighted by molar-refractivity contribution is 0.734. The minimum atomic E-state index is -0.0344. The van der Waals surface area contributed by atoms with Crippen LogP contribution in [0.15, 0.2) is 35.4 Å². The third-order valence-corrected chi connectivity index (χ3v) is 2.89. The predicted octanol–water partition coefficient (Wildman–Crippen LogP) is 1.49. The maximum atomic E-state index is 11.6. The van der Waals surface area contributed by atoms with E-state index >= 15 is 0 Å². The molecule has 0 aliphatic carbocycles. The monoisotopic (exact) mass is 229 g/mol. The summed E-state index contributed by atoms with van der Waals surface area (Å²) in [4.78, 5) is 15.9. The highest BCUT2D eigenvalue weighted by Crippen LogP contribution is 2.18. The molecular formula is C13H15N3O. The Morgan fingerprint density at radius 3 is 2.82 bits per heavy atom. The average molecular weight is 229 g/mol. The Labute approximate surface area is 99.7 Å². The van der Waals surface area contributed by atoms with Crippen LogP contribution in [-0.4, -0.2) is 9.55 Å². The van der Waals surface area contributed by atoms with Gasteiger partial charge in [-0.2, -0.15) is 0 Å². The van der Waals surface area contributed by atoms with Crippen molar-refractivity contribution >= 4 is 5.69 Å². The number of rotatable bonds is 2. The third-order valence-electron chi connectivity index (χ3n) is 2.89. The molecule has 0 bridgehead atoms. The molecule has 0 spiro atoms. The minimum Gasteiger partial charge on any atom is -0.398 e. The number of nitrogen functional groups attached to an aromatic ring is 1. The van der Waals surface area contributed by atoms with Crippen molar-refractivity contribution in [2.45, 2.75) is 20.4 Å². The molecule has 2 N–H and O–H groups in total. The standard InChI is InChI=1S/C13H15N3O/c1-9-7-15-11(10(2)13(9)14)8-16-6-4-3-5-12(16)17/h3-7H,8H2,1-2H3,(H2,14,15). The van der Waals surface area contributed by atoms with Crippen molar-refractivity contribution in [3.8, 4) is 0 Å². The fourth-order valence-electron chi connectivity index (χ4n) is 1.70. The smallest absolute Gasteiger partial charge is 0.250 e. The highest BCUT2D eigenvalue weighted by atomic mass is 16.1. The molecule has 0 radical (unpaired) electrons. The molecule has 2 aromatic heterocycles. The molecule has 4 heteroatoms. The number of nitrogens with zero attached hydrogens (tertiary/aromatic N) is 2. The summed E-state index contributed by atoms with van der Waals surface area (Å²) >= 11 is 0. The molecule has 0 atom stereocenters. The van der Waals surface area contributed by atoms with Gasteiger partial charge in [0.05, 0.1) is 12.2 Å². The first-order valence-electron chi connectivity index (χ1n) is 5.45. The van der Waals surface area contributed by atoms with Crippen LogP contribution in [0.4, 0.5) is 5.69 Å². The molecule has 0 aliphatic heterocycles. The lowest BCUT2D eigenvalue weighted by Gasteiger charge is -2.11. The van der Waals surface area contributed by atoms with Crippen molar-refractivity contribution in [2.75, 3.05) is 5.73 Å². The van der Waals surface area contributed by atoms with Crippen LogP contribution in [0.5, 0.6) is 0 Å². The summed E-state index contributed by atoms with van der Waals surface area (Å²) in [6.45, 7) is 4.31. The van der Waals surface area contributed by atoms with Crippen LogP contribution in [0.3, 0.4) is 0 Å². The van der Waals surface area contributed by atoms with E-state index in [0.29, 0.717) is 6.54 Å². The van der Waals surface area contributed by atoms with E-state index in [4.69, 9.17) is 5.73 Å². The van der Waals surface area contributed by atoms with Crippen molar-refractivity contribution < 1.29 is 0 Å². The van der Waals surface area contributed by atoms with E-state index in [1.54, 1.807) is 23.0 Å². The van der Waals surface area contributed by atoms with Gasteiger partial charge < -0.3 is 10.3 Å². The van der Waals surface area contributed by atoms with Crippen LogP contribution >= 0.6 is 0 Å². The number of aromatic nitrogens is 2. The van der Waals surface area contributed by atoms with Crippen LogP contribution < -0.4 is 11.3 Å². The molecule has 0 saturated carbocycles. The fourth-order valence-corrected chi connectivity index (χ4v) is 1.70. The van der Waals surface area contributed by atoms with Crippen LogP contribution in [0, 0.1) is 13.8 Å². The quantitative estimate of drug-likeness (QED) is 0.848. The van der Waals surface area contributed by atoms with Crippen LogP contribution in [0.2, 0.25) is 0 Å². The average Bonchev–Trinajstić information content (AvgIpc) is 2.32. The van der Waals surface area contributed by atoms with Gasteiger partial charge in [-0.1, -0.05) is 6.07 Å². The van der Waals surface area contributed by atoms with Gasteiger partial charge in [0, 0.05) is 24.1 Å². The van der Waals surface area contributed by atoms with Gasteiger partial charge in [0.15, 0.2) is 0 Å². The van der Waals surface area contributed by atoms with Crippen LogP contribution in [0.25, 0.3) is 0 Å². The second kappa shape index (κ2) is 4.41. The summed E-state index contributed by atoms with van der Waals surface area (Å²) in [7, 11) is 0. The largest absolute Gasteiger partial charge is 0.398 e. The molecule has 2 rings (SSSR count). The van der Waals surface area contributed by atoms with E-state index in [-0.39, 0.29) is 5.56 Å². The lowest BCUT2D eigenvalue weighted by Crippen LogP contribution is -2.19. The Balaban J connectivity index is 2.41. The number of pyridine rings is 2. The van der Waals surface area contributed by atoms with E-state index in [9.17, 15) is 4.79 Å². The van der Waals surface area contributed by atoms with Gasteiger partial charge in [-0.15, -0.1) is 0 Å². The maximum Gasteiger partial charge on any atom is 0.250 e. The molecule has 2 aromatic rings. The second-order valence-electron chi connectivity index (χ2n) is 4.09. The predicted molar refractivity (Wildman–Crippen MR) is 67.9 cm³/mol. The SMILES string of the molecule is Cc1cnc(Cn2ccccc2=O)c(C)c1N. The summed E-state index contributed by atoms with van der Waals surface area (Å²) in [5.41, 5.74) is 9.41. The molecule has 0 amide bonds. The zero-order valence-electron chi connectivity index (χ0n) is 9.97. The Hall–Kier alpha value is -2.10. The molecule has 2 heterocycles. The summed E-state index contributed by atoms with van der Waals surface area (Å²) in [6, 6.07) is 5.09. The number of hydrogen-bond donors (Lipinski definition) is 1. The van der Waals surface area contributed by atoms with E-state index in [0.717, 1.165) is 22.5 Å². The third kappa shape index (κ3) is 2.20. The Morgan fingerprint density at radius 2 is 2.12 bits per heavy atom. The first kappa shape index (κ1) is 11.4. The molecule has 4 nitrogen and oxygen atoms in total. The molecule has 0 aromatic carbocycles. The van der Waals surface area contributed by atoms with Gasteiger partial charge in [0.25, 0.3) is 5.56 Å². The van der Waals surface area contributed by atoms with Crippen molar-refractivity contribution in [3.63, 3.8) is 0 Å². The van der Waals surface area contributed by atoms with Gasteiger partial charge in [-0.25, -0.2) is 0 Å². The molecule has 88 valence electrons. The highest BCUT2D eigenvalue weighted by Gasteiger charge is 2.07. The van der Waals surface area contributed by atoms with Gasteiger partial charge in [0.2, 0.25) is 0 Å². The van der Waals surface area contributed by atoms with Crippen molar-refractivity contribution in [2.24, 2.45) is 0 Å². The highest BCUT2D eigenvalue weighted by molar-refractivity contribution is 5.53. The summed E-state index contributed by atoms with van der Waals surface area (Å²) < 4.78 is 1.62. The first-order valence-corrected chi connectivity index (χ1v) is 5.45.